The Kier molecular flexibility index (Phi) is 1.68. The fourth-order valence-corrected chi connectivity index (χ4v) is 3.02. The Labute approximate surface area is 87.6 Å². The number of hydrogen-bond acceptors (Lipinski definition) is 1. The molecule has 0 bridgehead atoms. The van der Waals surface area contributed by atoms with Crippen molar-refractivity contribution in [3.8, 4) is 0 Å². The molecule has 0 amide bonds. The third-order valence-corrected chi connectivity index (χ3v) is 3.71. The second kappa shape index (κ2) is 2.89. The van der Waals surface area contributed by atoms with Crippen molar-refractivity contribution in [1.29, 1.82) is 0 Å². The minimum absolute atomic E-state index is 1.03. The lowest BCUT2D eigenvalue weighted by molar-refractivity contribution is 1.23. The standard InChI is InChI=1S/C13H10S/c1-9-8-11-7-6-10-4-2-3-5-12(10)13(11)14-9/h2-7H,1,8H2. The lowest BCUT2D eigenvalue weighted by Crippen LogP contribution is -1.80. The van der Waals surface area contributed by atoms with Gasteiger partial charge in [-0.05, 0) is 21.2 Å². The van der Waals surface area contributed by atoms with Crippen molar-refractivity contribution in [2.75, 3.05) is 0 Å². The summed E-state index contributed by atoms with van der Waals surface area (Å²) in [6, 6.07) is 13.0. The van der Waals surface area contributed by atoms with Crippen LogP contribution in [0.2, 0.25) is 0 Å². The molecular weight excluding hydrogens is 188 g/mol. The van der Waals surface area contributed by atoms with Gasteiger partial charge in [0.05, 0.1) is 0 Å². The van der Waals surface area contributed by atoms with Crippen molar-refractivity contribution < 1.29 is 0 Å². The van der Waals surface area contributed by atoms with Crippen LogP contribution >= 0.6 is 11.8 Å². The van der Waals surface area contributed by atoms with Crippen LogP contribution in [0.4, 0.5) is 0 Å². The molecule has 0 spiro atoms. The van der Waals surface area contributed by atoms with Crippen LogP contribution < -0.4 is 0 Å². The van der Waals surface area contributed by atoms with E-state index in [1.807, 2.05) is 11.8 Å². The summed E-state index contributed by atoms with van der Waals surface area (Å²) in [6.45, 7) is 4.04. The van der Waals surface area contributed by atoms with Gasteiger partial charge in [0.2, 0.25) is 0 Å². The summed E-state index contributed by atoms with van der Waals surface area (Å²) in [5.74, 6) is 0. The average Bonchev–Trinajstić information content (AvgIpc) is 2.59. The van der Waals surface area contributed by atoms with E-state index in [4.69, 9.17) is 0 Å². The maximum absolute atomic E-state index is 4.04. The van der Waals surface area contributed by atoms with Crippen molar-refractivity contribution in [2.24, 2.45) is 0 Å². The fourth-order valence-electron chi connectivity index (χ4n) is 1.94. The lowest BCUT2D eigenvalue weighted by atomic mass is 10.1. The van der Waals surface area contributed by atoms with Crippen LogP contribution in [0.15, 0.2) is 52.8 Å². The van der Waals surface area contributed by atoms with E-state index in [2.05, 4.69) is 43.0 Å². The number of allylic oxidation sites excluding steroid dienone is 1. The normalized spacial score (nSPS) is 14.7. The zero-order chi connectivity index (χ0) is 9.54. The van der Waals surface area contributed by atoms with E-state index in [9.17, 15) is 0 Å². The summed E-state index contributed by atoms with van der Waals surface area (Å²) in [5.41, 5.74) is 1.43. The number of rotatable bonds is 0. The molecule has 3 rings (SSSR count). The number of benzene rings is 2. The van der Waals surface area contributed by atoms with Crippen molar-refractivity contribution in [1.82, 2.24) is 0 Å². The first kappa shape index (κ1) is 8.13. The van der Waals surface area contributed by atoms with Gasteiger partial charge in [0.1, 0.15) is 0 Å². The zero-order valence-electron chi connectivity index (χ0n) is 7.79. The van der Waals surface area contributed by atoms with Gasteiger partial charge in [0.25, 0.3) is 0 Å². The predicted molar refractivity (Wildman–Crippen MR) is 62.6 cm³/mol. The molecule has 1 heterocycles. The van der Waals surface area contributed by atoms with E-state index in [1.54, 1.807) is 0 Å². The van der Waals surface area contributed by atoms with Crippen LogP contribution in [-0.4, -0.2) is 0 Å². The van der Waals surface area contributed by atoms with Gasteiger partial charge in [0.15, 0.2) is 0 Å². The molecule has 0 unspecified atom stereocenters. The molecule has 14 heavy (non-hydrogen) atoms. The third kappa shape index (κ3) is 1.09. The summed E-state index contributed by atoms with van der Waals surface area (Å²) < 4.78 is 0. The fraction of sp³-hybridized carbons (Fsp3) is 0.0769. The Hall–Kier alpha value is -1.21. The van der Waals surface area contributed by atoms with E-state index in [0.717, 1.165) is 6.42 Å². The Bertz CT molecular complexity index is 526. The maximum Gasteiger partial charge on any atom is 0.0233 e. The summed E-state index contributed by atoms with van der Waals surface area (Å²) in [7, 11) is 0. The van der Waals surface area contributed by atoms with E-state index >= 15 is 0 Å². The minimum atomic E-state index is 1.03. The summed E-state index contributed by atoms with van der Waals surface area (Å²) in [6.07, 6.45) is 1.03. The van der Waals surface area contributed by atoms with Gasteiger partial charge in [-0.15, -0.1) is 0 Å². The Morgan fingerprint density at radius 1 is 1.07 bits per heavy atom. The van der Waals surface area contributed by atoms with E-state index in [0.29, 0.717) is 0 Å². The van der Waals surface area contributed by atoms with Crippen molar-refractivity contribution in [3.63, 3.8) is 0 Å². The Balaban J connectivity index is 2.39. The molecule has 0 N–H and O–H groups in total. The molecule has 68 valence electrons. The first-order valence-electron chi connectivity index (χ1n) is 4.71. The third-order valence-electron chi connectivity index (χ3n) is 2.60. The Morgan fingerprint density at radius 3 is 2.86 bits per heavy atom. The topological polar surface area (TPSA) is 0 Å². The largest absolute Gasteiger partial charge is 0.0939 e. The minimum Gasteiger partial charge on any atom is -0.0939 e. The van der Waals surface area contributed by atoms with Crippen LogP contribution in [0.5, 0.6) is 0 Å². The molecular formula is C13H10S. The quantitative estimate of drug-likeness (QED) is 0.616. The highest BCUT2D eigenvalue weighted by Gasteiger charge is 2.16. The number of hydrogen-bond donors (Lipinski definition) is 0. The molecule has 0 nitrogen and oxygen atoms in total. The van der Waals surface area contributed by atoms with Crippen molar-refractivity contribution in [2.45, 2.75) is 11.3 Å². The van der Waals surface area contributed by atoms with E-state index in [-0.39, 0.29) is 0 Å². The van der Waals surface area contributed by atoms with Crippen molar-refractivity contribution >= 4 is 22.5 Å². The number of fused-ring (bicyclic) bond motifs is 3. The van der Waals surface area contributed by atoms with Crippen LogP contribution in [-0.2, 0) is 6.42 Å². The summed E-state index contributed by atoms with van der Waals surface area (Å²) >= 11 is 1.83. The highest BCUT2D eigenvalue weighted by atomic mass is 32.2. The monoisotopic (exact) mass is 198 g/mol. The van der Waals surface area contributed by atoms with E-state index in [1.165, 1.54) is 26.1 Å². The highest BCUT2D eigenvalue weighted by molar-refractivity contribution is 8.03. The lowest BCUT2D eigenvalue weighted by Gasteiger charge is -2.02. The molecule has 1 heteroatoms. The van der Waals surface area contributed by atoms with Gasteiger partial charge in [0, 0.05) is 11.3 Å². The van der Waals surface area contributed by atoms with Crippen LogP contribution in [0.1, 0.15) is 5.56 Å². The first-order valence-corrected chi connectivity index (χ1v) is 5.52. The molecule has 2 aromatic carbocycles. The molecule has 0 aromatic heterocycles. The summed E-state index contributed by atoms with van der Waals surface area (Å²) in [4.78, 5) is 2.67. The molecule has 0 atom stereocenters. The molecule has 2 aromatic rings. The Morgan fingerprint density at radius 2 is 1.93 bits per heavy atom. The van der Waals surface area contributed by atoms with E-state index < -0.39 is 0 Å². The van der Waals surface area contributed by atoms with Crippen LogP contribution in [0.25, 0.3) is 10.8 Å². The zero-order valence-corrected chi connectivity index (χ0v) is 8.60. The average molecular weight is 198 g/mol. The molecule has 0 aliphatic carbocycles. The van der Waals surface area contributed by atoms with Crippen molar-refractivity contribution in [3.05, 3.63) is 53.4 Å². The molecule has 0 fully saturated rings. The number of thioether (sulfide) groups is 1. The first-order chi connectivity index (χ1) is 6.84. The molecule has 0 saturated heterocycles. The molecule has 1 aliphatic rings. The van der Waals surface area contributed by atoms with Gasteiger partial charge in [-0.3, -0.25) is 0 Å². The summed E-state index contributed by atoms with van der Waals surface area (Å²) in [5, 5.41) is 2.70. The SMILES string of the molecule is C=C1Cc2ccc3ccccc3c2S1. The van der Waals surface area contributed by atoms with Gasteiger partial charge in [-0.1, -0.05) is 54.7 Å². The van der Waals surface area contributed by atoms with Gasteiger partial charge >= 0.3 is 0 Å². The predicted octanol–water partition coefficient (Wildman–Crippen LogP) is 4.00. The van der Waals surface area contributed by atoms with Crippen LogP contribution in [0.3, 0.4) is 0 Å². The molecule has 0 radical (unpaired) electrons. The second-order valence-electron chi connectivity index (χ2n) is 3.59. The van der Waals surface area contributed by atoms with Gasteiger partial charge in [-0.25, -0.2) is 0 Å². The molecule has 0 saturated carbocycles. The van der Waals surface area contributed by atoms with Gasteiger partial charge in [-0.2, -0.15) is 0 Å². The second-order valence-corrected chi connectivity index (χ2v) is 4.78. The molecule has 1 aliphatic heterocycles. The van der Waals surface area contributed by atoms with Gasteiger partial charge < -0.3 is 0 Å². The highest BCUT2D eigenvalue weighted by Crippen LogP contribution is 2.42. The smallest absolute Gasteiger partial charge is 0.0233 e. The van der Waals surface area contributed by atoms with Crippen LogP contribution in [0, 0.1) is 0 Å². The maximum atomic E-state index is 4.04.